The Hall–Kier alpha value is -3.23. The van der Waals surface area contributed by atoms with Gasteiger partial charge in [0.2, 0.25) is 0 Å². The molecule has 0 N–H and O–H groups in total. The predicted molar refractivity (Wildman–Crippen MR) is 112 cm³/mol. The van der Waals surface area contributed by atoms with E-state index in [1.54, 1.807) is 4.52 Å². The number of hydrogen-bond acceptors (Lipinski definition) is 7. The Labute approximate surface area is 171 Å². The zero-order valence-electron chi connectivity index (χ0n) is 16.0. The van der Waals surface area contributed by atoms with Gasteiger partial charge in [0, 0.05) is 23.8 Å². The van der Waals surface area contributed by atoms with Gasteiger partial charge in [-0.1, -0.05) is 18.2 Å². The maximum Gasteiger partial charge on any atom is 0.188 e. The third kappa shape index (κ3) is 3.26. The van der Waals surface area contributed by atoms with Crippen molar-refractivity contribution in [3.8, 4) is 10.6 Å². The fourth-order valence-electron chi connectivity index (χ4n) is 3.30. The number of nitrogens with zero attached hydrogens (tertiary/aromatic N) is 6. The molecule has 29 heavy (non-hydrogen) atoms. The standard InChI is InChI=1S/C21H18N6OS/c1-3-28-20(15-11-14-6-4-5-7-16(14)22-12-15)21-24-23-19-9-8-17(25-27(19)21)18-10-13(2)26-29-18/h4-12,20H,3H2,1-2H3. The molecule has 144 valence electrons. The quantitative estimate of drug-likeness (QED) is 0.438. The number of rotatable bonds is 5. The first-order valence-corrected chi connectivity index (χ1v) is 10.1. The van der Waals surface area contributed by atoms with Gasteiger partial charge in [-0.15, -0.1) is 10.2 Å². The van der Waals surface area contributed by atoms with Crippen molar-refractivity contribution in [3.63, 3.8) is 0 Å². The largest absolute Gasteiger partial charge is 0.366 e. The molecule has 0 amide bonds. The minimum atomic E-state index is -0.418. The number of benzene rings is 1. The molecule has 4 aromatic heterocycles. The Morgan fingerprint density at radius 3 is 2.83 bits per heavy atom. The summed E-state index contributed by atoms with van der Waals surface area (Å²) in [6, 6.07) is 16.0. The highest BCUT2D eigenvalue weighted by Crippen LogP contribution is 2.28. The molecule has 0 aliphatic rings. The molecular weight excluding hydrogens is 384 g/mol. The third-order valence-corrected chi connectivity index (χ3v) is 5.55. The Kier molecular flexibility index (Phi) is 4.49. The van der Waals surface area contributed by atoms with Crippen LogP contribution in [0.5, 0.6) is 0 Å². The van der Waals surface area contributed by atoms with Gasteiger partial charge in [0.05, 0.1) is 16.1 Å². The summed E-state index contributed by atoms with van der Waals surface area (Å²) in [5.41, 5.74) is 4.34. The van der Waals surface area contributed by atoms with Gasteiger partial charge in [-0.05, 0) is 55.7 Å². The van der Waals surface area contributed by atoms with Crippen LogP contribution in [-0.4, -0.2) is 35.8 Å². The fraction of sp³-hybridized carbons (Fsp3) is 0.190. The van der Waals surface area contributed by atoms with Crippen LogP contribution in [-0.2, 0) is 4.74 Å². The summed E-state index contributed by atoms with van der Waals surface area (Å²) >= 11 is 1.43. The zero-order chi connectivity index (χ0) is 19.8. The maximum atomic E-state index is 6.07. The van der Waals surface area contributed by atoms with Crippen LogP contribution in [0.3, 0.4) is 0 Å². The molecule has 1 unspecified atom stereocenters. The van der Waals surface area contributed by atoms with Gasteiger partial charge in [0.1, 0.15) is 11.8 Å². The number of para-hydroxylation sites is 1. The second-order valence-corrected chi connectivity index (χ2v) is 7.48. The molecule has 0 bridgehead atoms. The molecule has 4 heterocycles. The molecule has 0 saturated carbocycles. The molecule has 0 radical (unpaired) electrons. The van der Waals surface area contributed by atoms with E-state index in [9.17, 15) is 0 Å². The van der Waals surface area contributed by atoms with Crippen molar-refractivity contribution in [2.75, 3.05) is 6.61 Å². The number of ether oxygens (including phenoxy) is 1. The second kappa shape index (κ2) is 7.31. The van der Waals surface area contributed by atoms with Crippen molar-refractivity contribution in [3.05, 3.63) is 71.8 Å². The summed E-state index contributed by atoms with van der Waals surface area (Å²) < 4.78 is 12.2. The van der Waals surface area contributed by atoms with E-state index in [1.165, 1.54) is 11.5 Å². The van der Waals surface area contributed by atoms with Crippen LogP contribution in [0.4, 0.5) is 0 Å². The van der Waals surface area contributed by atoms with Gasteiger partial charge in [-0.2, -0.15) is 14.0 Å². The minimum absolute atomic E-state index is 0.418. The van der Waals surface area contributed by atoms with E-state index in [0.717, 1.165) is 32.7 Å². The number of hydrogen-bond donors (Lipinski definition) is 0. The van der Waals surface area contributed by atoms with Crippen LogP contribution in [0.15, 0.2) is 54.7 Å². The smallest absolute Gasteiger partial charge is 0.188 e. The van der Waals surface area contributed by atoms with Gasteiger partial charge >= 0.3 is 0 Å². The summed E-state index contributed by atoms with van der Waals surface area (Å²) in [6.07, 6.45) is 1.41. The first-order valence-electron chi connectivity index (χ1n) is 9.35. The predicted octanol–water partition coefficient (Wildman–Crippen LogP) is 4.23. The number of aromatic nitrogens is 6. The van der Waals surface area contributed by atoms with Crippen LogP contribution in [0.1, 0.15) is 30.1 Å². The molecule has 0 aliphatic carbocycles. The molecule has 1 atom stereocenters. The first-order chi connectivity index (χ1) is 14.2. The lowest BCUT2D eigenvalue weighted by Crippen LogP contribution is -2.12. The SMILES string of the molecule is CCOC(c1cnc2ccccc2c1)c1nnc2ccc(-c3cc(C)ns3)nn12. The Bertz CT molecular complexity index is 1310. The van der Waals surface area contributed by atoms with Crippen molar-refractivity contribution in [1.29, 1.82) is 0 Å². The Balaban J connectivity index is 1.63. The van der Waals surface area contributed by atoms with Crippen LogP contribution in [0.2, 0.25) is 0 Å². The zero-order valence-corrected chi connectivity index (χ0v) is 16.8. The summed E-state index contributed by atoms with van der Waals surface area (Å²) in [6.45, 7) is 4.46. The molecule has 7 nitrogen and oxygen atoms in total. The van der Waals surface area contributed by atoms with Crippen molar-refractivity contribution >= 4 is 28.1 Å². The van der Waals surface area contributed by atoms with Gasteiger partial charge in [0.15, 0.2) is 11.5 Å². The van der Waals surface area contributed by atoms with E-state index in [-0.39, 0.29) is 0 Å². The number of aryl methyl sites for hydroxylation is 1. The minimum Gasteiger partial charge on any atom is -0.366 e. The van der Waals surface area contributed by atoms with Gasteiger partial charge in [-0.25, -0.2) is 0 Å². The van der Waals surface area contributed by atoms with Crippen molar-refractivity contribution < 1.29 is 4.74 Å². The van der Waals surface area contributed by atoms with Gasteiger partial charge < -0.3 is 4.74 Å². The normalized spacial score (nSPS) is 12.6. The molecule has 0 saturated heterocycles. The van der Waals surface area contributed by atoms with Crippen LogP contribution >= 0.6 is 11.5 Å². The van der Waals surface area contributed by atoms with Crippen molar-refractivity contribution in [2.24, 2.45) is 0 Å². The third-order valence-electron chi connectivity index (χ3n) is 4.65. The van der Waals surface area contributed by atoms with Crippen LogP contribution in [0, 0.1) is 6.92 Å². The molecule has 0 aliphatic heterocycles. The molecule has 5 aromatic rings. The molecule has 8 heteroatoms. The number of pyridine rings is 1. The van der Waals surface area contributed by atoms with E-state index in [4.69, 9.17) is 9.84 Å². The van der Waals surface area contributed by atoms with Crippen LogP contribution in [0.25, 0.3) is 27.1 Å². The lowest BCUT2D eigenvalue weighted by molar-refractivity contribution is 0.0835. The summed E-state index contributed by atoms with van der Waals surface area (Å²) in [7, 11) is 0. The second-order valence-electron chi connectivity index (χ2n) is 6.68. The monoisotopic (exact) mass is 402 g/mol. The van der Waals surface area contributed by atoms with Crippen LogP contribution < -0.4 is 0 Å². The average molecular weight is 402 g/mol. The fourth-order valence-corrected chi connectivity index (χ4v) is 4.02. The van der Waals surface area contributed by atoms with Crippen molar-refractivity contribution in [2.45, 2.75) is 20.0 Å². The molecule has 5 rings (SSSR count). The highest BCUT2D eigenvalue weighted by molar-refractivity contribution is 7.09. The number of fused-ring (bicyclic) bond motifs is 2. The van der Waals surface area contributed by atoms with E-state index >= 15 is 0 Å². The van der Waals surface area contributed by atoms with Gasteiger partial charge in [-0.3, -0.25) is 4.98 Å². The highest BCUT2D eigenvalue weighted by atomic mass is 32.1. The van der Waals surface area contributed by atoms with E-state index < -0.39 is 6.10 Å². The molecular formula is C21H18N6OS. The lowest BCUT2D eigenvalue weighted by Gasteiger charge is -2.16. The summed E-state index contributed by atoms with van der Waals surface area (Å²) in [5.74, 6) is 0.627. The maximum absolute atomic E-state index is 6.07. The lowest BCUT2D eigenvalue weighted by atomic mass is 10.1. The summed E-state index contributed by atoms with van der Waals surface area (Å²) in [5, 5.41) is 14.5. The molecule has 0 spiro atoms. The van der Waals surface area contributed by atoms with E-state index in [2.05, 4.69) is 25.6 Å². The Morgan fingerprint density at radius 2 is 2.00 bits per heavy atom. The topological polar surface area (TPSA) is 78.1 Å². The molecule has 0 fully saturated rings. The molecule has 1 aromatic carbocycles. The highest BCUT2D eigenvalue weighted by Gasteiger charge is 2.23. The van der Waals surface area contributed by atoms with E-state index in [0.29, 0.717) is 18.1 Å². The van der Waals surface area contributed by atoms with Gasteiger partial charge in [0.25, 0.3) is 0 Å². The first kappa shape index (κ1) is 17.8. The average Bonchev–Trinajstić information content (AvgIpc) is 3.37. The van der Waals surface area contributed by atoms with Crippen molar-refractivity contribution in [1.82, 2.24) is 29.2 Å². The Morgan fingerprint density at radius 1 is 1.10 bits per heavy atom. The summed E-state index contributed by atoms with van der Waals surface area (Å²) in [4.78, 5) is 5.58. The van der Waals surface area contributed by atoms with E-state index in [1.807, 2.05) is 62.5 Å².